The minimum atomic E-state index is -0.269. The molecule has 0 amide bonds. The first-order chi connectivity index (χ1) is 8.20. The van der Waals surface area contributed by atoms with Crippen LogP contribution >= 0.6 is 0 Å². The lowest BCUT2D eigenvalue weighted by molar-refractivity contribution is 0.0524. The van der Waals surface area contributed by atoms with Gasteiger partial charge in [-0.25, -0.2) is 4.79 Å². The van der Waals surface area contributed by atoms with Crippen molar-refractivity contribution in [3.05, 3.63) is 17.5 Å². The molecule has 2 rings (SSSR count). The second kappa shape index (κ2) is 5.31. The molecule has 0 atom stereocenters. The fourth-order valence-electron chi connectivity index (χ4n) is 2.18. The van der Waals surface area contributed by atoms with Gasteiger partial charge in [-0.15, -0.1) is 0 Å². The van der Waals surface area contributed by atoms with Crippen LogP contribution in [0.25, 0.3) is 0 Å². The van der Waals surface area contributed by atoms with Crippen molar-refractivity contribution in [3.63, 3.8) is 0 Å². The van der Waals surface area contributed by atoms with E-state index < -0.39 is 0 Å². The van der Waals surface area contributed by atoms with Crippen LogP contribution in [0.3, 0.4) is 0 Å². The minimum Gasteiger partial charge on any atom is -0.462 e. The number of rotatable bonds is 4. The van der Waals surface area contributed by atoms with E-state index in [4.69, 9.17) is 4.74 Å². The first-order valence-electron chi connectivity index (χ1n) is 6.12. The fourth-order valence-corrected chi connectivity index (χ4v) is 2.18. The van der Waals surface area contributed by atoms with Gasteiger partial charge in [-0.05, 0) is 32.9 Å². The van der Waals surface area contributed by atoms with Crippen molar-refractivity contribution in [1.82, 2.24) is 14.7 Å². The monoisotopic (exact) mass is 237 g/mol. The average molecular weight is 237 g/mol. The van der Waals surface area contributed by atoms with Crippen molar-refractivity contribution in [1.29, 1.82) is 0 Å². The van der Waals surface area contributed by atoms with Crippen LogP contribution in [0.15, 0.2) is 6.20 Å². The van der Waals surface area contributed by atoms with Gasteiger partial charge < -0.3 is 4.74 Å². The fraction of sp³-hybridized carbons (Fsp3) is 0.667. The van der Waals surface area contributed by atoms with Crippen molar-refractivity contribution in [2.24, 2.45) is 7.05 Å². The van der Waals surface area contributed by atoms with E-state index in [0.29, 0.717) is 12.2 Å². The van der Waals surface area contributed by atoms with Gasteiger partial charge in [-0.3, -0.25) is 9.58 Å². The van der Waals surface area contributed by atoms with Crippen molar-refractivity contribution in [2.75, 3.05) is 19.7 Å². The van der Waals surface area contributed by atoms with Crippen molar-refractivity contribution in [2.45, 2.75) is 26.3 Å². The molecule has 1 aliphatic rings. The van der Waals surface area contributed by atoms with Crippen LogP contribution in [-0.4, -0.2) is 40.3 Å². The maximum atomic E-state index is 11.8. The van der Waals surface area contributed by atoms with Crippen LogP contribution in [0.4, 0.5) is 0 Å². The maximum Gasteiger partial charge on any atom is 0.341 e. The molecule has 94 valence electrons. The third-order valence-corrected chi connectivity index (χ3v) is 2.97. The number of aromatic nitrogens is 2. The Kier molecular flexibility index (Phi) is 3.78. The quantitative estimate of drug-likeness (QED) is 0.738. The largest absolute Gasteiger partial charge is 0.462 e. The summed E-state index contributed by atoms with van der Waals surface area (Å²) in [5.41, 5.74) is 1.43. The molecule has 2 heterocycles. The highest BCUT2D eigenvalue weighted by Crippen LogP contribution is 2.15. The van der Waals surface area contributed by atoms with Gasteiger partial charge in [0.25, 0.3) is 0 Å². The highest BCUT2D eigenvalue weighted by molar-refractivity contribution is 5.90. The van der Waals surface area contributed by atoms with Gasteiger partial charge in [0, 0.05) is 19.8 Å². The van der Waals surface area contributed by atoms with Crippen molar-refractivity contribution < 1.29 is 9.53 Å². The Morgan fingerprint density at radius 1 is 1.47 bits per heavy atom. The molecule has 17 heavy (non-hydrogen) atoms. The third-order valence-electron chi connectivity index (χ3n) is 2.97. The topological polar surface area (TPSA) is 47.4 Å². The molecule has 0 spiro atoms. The summed E-state index contributed by atoms with van der Waals surface area (Å²) in [5, 5.41) is 4.35. The zero-order valence-corrected chi connectivity index (χ0v) is 10.5. The van der Waals surface area contributed by atoms with Gasteiger partial charge in [0.05, 0.1) is 12.3 Å². The van der Waals surface area contributed by atoms with Crippen LogP contribution in [0, 0.1) is 0 Å². The van der Waals surface area contributed by atoms with Crippen LogP contribution in [0.1, 0.15) is 35.8 Å². The average Bonchev–Trinajstić information content (AvgIpc) is 2.89. The Bertz CT molecular complexity index is 394. The first kappa shape index (κ1) is 12.1. The summed E-state index contributed by atoms with van der Waals surface area (Å²) >= 11 is 0. The van der Waals surface area contributed by atoms with E-state index in [0.717, 1.165) is 25.3 Å². The summed E-state index contributed by atoms with van der Waals surface area (Å²) in [6, 6.07) is 0. The minimum absolute atomic E-state index is 0.269. The lowest BCUT2D eigenvalue weighted by atomic mass is 10.2. The Balaban J connectivity index is 2.11. The molecule has 1 fully saturated rings. The lowest BCUT2D eigenvalue weighted by Gasteiger charge is -2.13. The summed E-state index contributed by atoms with van der Waals surface area (Å²) in [6.07, 6.45) is 4.21. The molecule has 5 nitrogen and oxygen atoms in total. The second-order valence-electron chi connectivity index (χ2n) is 4.37. The SMILES string of the molecule is CCOC(=O)c1cn(C)nc1CN1CCCC1. The predicted octanol–water partition coefficient (Wildman–Crippen LogP) is 1.19. The zero-order valence-electron chi connectivity index (χ0n) is 10.5. The predicted molar refractivity (Wildman–Crippen MR) is 63.7 cm³/mol. The second-order valence-corrected chi connectivity index (χ2v) is 4.37. The summed E-state index contributed by atoms with van der Waals surface area (Å²) in [4.78, 5) is 14.1. The molecular formula is C12H19N3O2. The number of aryl methyl sites for hydroxylation is 1. The van der Waals surface area contributed by atoms with E-state index in [2.05, 4.69) is 10.00 Å². The number of esters is 1. The zero-order chi connectivity index (χ0) is 12.3. The molecule has 0 bridgehead atoms. The molecular weight excluding hydrogens is 218 g/mol. The number of hydrogen-bond donors (Lipinski definition) is 0. The number of ether oxygens (including phenoxy) is 1. The van der Waals surface area contributed by atoms with Crippen LogP contribution in [0.5, 0.6) is 0 Å². The van der Waals surface area contributed by atoms with Gasteiger partial charge in [-0.1, -0.05) is 0 Å². The number of carbonyl (C=O) groups excluding carboxylic acids is 1. The van der Waals surface area contributed by atoms with Crippen LogP contribution in [-0.2, 0) is 18.3 Å². The number of carbonyl (C=O) groups is 1. The van der Waals surface area contributed by atoms with Gasteiger partial charge in [0.2, 0.25) is 0 Å². The highest BCUT2D eigenvalue weighted by Gasteiger charge is 2.20. The summed E-state index contributed by atoms with van der Waals surface area (Å²) in [5.74, 6) is -0.269. The number of nitrogens with zero attached hydrogens (tertiary/aromatic N) is 3. The van der Waals surface area contributed by atoms with E-state index in [1.165, 1.54) is 12.8 Å². The Labute approximate surface area is 101 Å². The maximum absolute atomic E-state index is 11.8. The third kappa shape index (κ3) is 2.85. The molecule has 0 unspecified atom stereocenters. The number of hydrogen-bond acceptors (Lipinski definition) is 4. The number of likely N-dealkylation sites (tertiary alicyclic amines) is 1. The molecule has 0 N–H and O–H groups in total. The van der Waals surface area contributed by atoms with E-state index in [1.807, 2.05) is 14.0 Å². The smallest absolute Gasteiger partial charge is 0.341 e. The molecule has 0 saturated carbocycles. The van der Waals surface area contributed by atoms with Gasteiger partial charge in [0.15, 0.2) is 0 Å². The summed E-state index contributed by atoms with van der Waals surface area (Å²) in [6.45, 7) is 5.15. The standard InChI is InChI=1S/C12H19N3O2/c1-3-17-12(16)10-8-14(2)13-11(10)9-15-6-4-5-7-15/h8H,3-7,9H2,1-2H3. The molecule has 1 aromatic heterocycles. The summed E-state index contributed by atoms with van der Waals surface area (Å²) in [7, 11) is 1.83. The highest BCUT2D eigenvalue weighted by atomic mass is 16.5. The summed E-state index contributed by atoms with van der Waals surface area (Å²) < 4.78 is 6.71. The lowest BCUT2D eigenvalue weighted by Crippen LogP contribution is -2.20. The van der Waals surface area contributed by atoms with Crippen molar-refractivity contribution in [3.8, 4) is 0 Å². The van der Waals surface area contributed by atoms with E-state index >= 15 is 0 Å². The normalized spacial score (nSPS) is 16.4. The molecule has 0 aromatic carbocycles. The van der Waals surface area contributed by atoms with Crippen molar-refractivity contribution >= 4 is 5.97 Å². The van der Waals surface area contributed by atoms with Gasteiger partial charge in [0.1, 0.15) is 5.56 Å². The molecule has 1 aliphatic heterocycles. The van der Waals surface area contributed by atoms with Gasteiger partial charge in [-0.2, -0.15) is 5.10 Å². The van der Waals surface area contributed by atoms with Crippen LogP contribution < -0.4 is 0 Å². The van der Waals surface area contributed by atoms with E-state index in [9.17, 15) is 4.79 Å². The molecule has 1 saturated heterocycles. The van der Waals surface area contributed by atoms with Gasteiger partial charge >= 0.3 is 5.97 Å². The van der Waals surface area contributed by atoms with Crippen LogP contribution in [0.2, 0.25) is 0 Å². The Morgan fingerprint density at radius 3 is 2.82 bits per heavy atom. The molecule has 1 aromatic rings. The first-order valence-corrected chi connectivity index (χ1v) is 6.12. The molecule has 5 heteroatoms. The Hall–Kier alpha value is -1.36. The van der Waals surface area contributed by atoms with E-state index in [1.54, 1.807) is 10.9 Å². The molecule has 0 radical (unpaired) electrons. The molecule has 0 aliphatic carbocycles. The Morgan fingerprint density at radius 2 is 2.18 bits per heavy atom. The van der Waals surface area contributed by atoms with E-state index in [-0.39, 0.29) is 5.97 Å².